The first-order chi connectivity index (χ1) is 6.44. The lowest BCUT2D eigenvalue weighted by Crippen LogP contribution is -2.38. The van der Waals surface area contributed by atoms with Crippen molar-refractivity contribution in [2.24, 2.45) is 11.1 Å². The smallest absolute Gasteiger partial charge is 0.325 e. The van der Waals surface area contributed by atoms with Gasteiger partial charge < -0.3 is 11.1 Å². The van der Waals surface area contributed by atoms with Crippen molar-refractivity contribution in [2.45, 2.75) is 25.8 Å². The minimum absolute atomic E-state index is 0.108. The predicted molar refractivity (Wildman–Crippen MR) is 50.4 cm³/mol. The summed E-state index contributed by atoms with van der Waals surface area (Å²) < 4.78 is 0. The molecule has 78 valence electrons. The van der Waals surface area contributed by atoms with Gasteiger partial charge in [0.1, 0.15) is 5.54 Å². The number of nitrogens with one attached hydrogen (secondary N) is 1. The topological polar surface area (TPSA) is 75.4 Å². The molecule has 0 aromatic carbocycles. The zero-order valence-electron chi connectivity index (χ0n) is 8.46. The van der Waals surface area contributed by atoms with Gasteiger partial charge in [-0.1, -0.05) is 13.8 Å². The first-order valence-electron chi connectivity index (χ1n) is 4.79. The summed E-state index contributed by atoms with van der Waals surface area (Å²) in [6, 6.07) is -0.300. The number of carbonyl (C=O) groups is 2. The Kier molecular flexibility index (Phi) is 1.67. The van der Waals surface area contributed by atoms with Crippen LogP contribution in [0.3, 0.4) is 0 Å². The lowest BCUT2D eigenvalue weighted by atomic mass is 10.1. The molecule has 1 aliphatic carbocycles. The van der Waals surface area contributed by atoms with Crippen molar-refractivity contribution in [2.75, 3.05) is 13.1 Å². The number of nitrogens with zero attached hydrogens (tertiary/aromatic N) is 1. The molecule has 0 radical (unpaired) electrons. The summed E-state index contributed by atoms with van der Waals surface area (Å²) in [4.78, 5) is 24.6. The van der Waals surface area contributed by atoms with E-state index in [-0.39, 0.29) is 17.4 Å². The van der Waals surface area contributed by atoms with Crippen LogP contribution in [-0.2, 0) is 4.79 Å². The fourth-order valence-electron chi connectivity index (χ4n) is 2.16. The van der Waals surface area contributed by atoms with Gasteiger partial charge in [-0.15, -0.1) is 0 Å². The molecular formula is C9H15N3O2. The molecule has 3 N–H and O–H groups in total. The number of hydrogen-bond donors (Lipinski definition) is 2. The van der Waals surface area contributed by atoms with Crippen LogP contribution in [0.2, 0.25) is 0 Å². The maximum atomic E-state index is 11.9. The van der Waals surface area contributed by atoms with Gasteiger partial charge in [0.25, 0.3) is 5.91 Å². The maximum Gasteiger partial charge on any atom is 0.325 e. The van der Waals surface area contributed by atoms with Gasteiger partial charge in [0.2, 0.25) is 0 Å². The minimum Gasteiger partial charge on any atom is -0.329 e. The van der Waals surface area contributed by atoms with Crippen LogP contribution in [0.1, 0.15) is 20.3 Å². The van der Waals surface area contributed by atoms with E-state index in [9.17, 15) is 9.59 Å². The van der Waals surface area contributed by atoms with E-state index < -0.39 is 5.54 Å². The number of carbonyl (C=O) groups excluding carboxylic acids is 2. The molecule has 2 rings (SSSR count). The summed E-state index contributed by atoms with van der Waals surface area (Å²) >= 11 is 0. The third-order valence-corrected chi connectivity index (χ3v) is 3.27. The van der Waals surface area contributed by atoms with E-state index in [1.165, 1.54) is 4.90 Å². The Hall–Kier alpha value is -1.10. The second kappa shape index (κ2) is 2.48. The highest BCUT2D eigenvalue weighted by Crippen LogP contribution is 2.58. The Morgan fingerprint density at radius 2 is 2.07 bits per heavy atom. The van der Waals surface area contributed by atoms with Gasteiger partial charge in [0.05, 0.1) is 0 Å². The van der Waals surface area contributed by atoms with Crippen LogP contribution in [-0.4, -0.2) is 35.5 Å². The number of nitrogens with two attached hydrogens (primary N) is 1. The number of rotatable bonds is 2. The SMILES string of the molecule is CC1(C)CC12NC(=O)N(CCN)C2=O. The van der Waals surface area contributed by atoms with E-state index in [0.29, 0.717) is 13.1 Å². The molecule has 1 unspecified atom stereocenters. The number of amides is 3. The van der Waals surface area contributed by atoms with Crippen LogP contribution >= 0.6 is 0 Å². The molecule has 1 aliphatic heterocycles. The normalized spacial score (nSPS) is 33.8. The zero-order valence-corrected chi connectivity index (χ0v) is 8.46. The lowest BCUT2D eigenvalue weighted by molar-refractivity contribution is -0.129. The minimum atomic E-state index is -0.626. The first kappa shape index (κ1) is 9.45. The van der Waals surface area contributed by atoms with Crippen LogP contribution in [0.15, 0.2) is 0 Å². The molecule has 14 heavy (non-hydrogen) atoms. The van der Waals surface area contributed by atoms with E-state index >= 15 is 0 Å². The Bertz CT molecular complexity index is 313. The van der Waals surface area contributed by atoms with Gasteiger partial charge in [-0.2, -0.15) is 0 Å². The Morgan fingerprint density at radius 1 is 1.50 bits per heavy atom. The molecule has 5 nitrogen and oxygen atoms in total. The largest absolute Gasteiger partial charge is 0.329 e. The summed E-state index contributed by atoms with van der Waals surface area (Å²) in [6.07, 6.45) is 0.728. The van der Waals surface area contributed by atoms with E-state index in [1.807, 2.05) is 13.8 Å². The van der Waals surface area contributed by atoms with Crippen LogP contribution in [0.4, 0.5) is 4.79 Å². The van der Waals surface area contributed by atoms with Gasteiger partial charge in [0.15, 0.2) is 0 Å². The average Bonchev–Trinajstić information content (AvgIpc) is 2.55. The molecule has 1 atom stereocenters. The Morgan fingerprint density at radius 3 is 2.43 bits per heavy atom. The fraction of sp³-hybridized carbons (Fsp3) is 0.778. The van der Waals surface area contributed by atoms with Crippen molar-refractivity contribution < 1.29 is 9.59 Å². The molecule has 2 aliphatic rings. The molecule has 0 aromatic rings. The van der Waals surface area contributed by atoms with Gasteiger partial charge in [-0.3, -0.25) is 9.69 Å². The van der Waals surface area contributed by atoms with Crippen molar-refractivity contribution in [1.82, 2.24) is 10.2 Å². The third kappa shape index (κ3) is 0.930. The maximum absolute atomic E-state index is 11.9. The second-order valence-electron chi connectivity index (χ2n) is 4.64. The van der Waals surface area contributed by atoms with Crippen molar-refractivity contribution in [3.05, 3.63) is 0 Å². The van der Waals surface area contributed by atoms with E-state index in [1.54, 1.807) is 0 Å². The summed E-state index contributed by atoms with van der Waals surface area (Å²) in [6.45, 7) is 4.59. The van der Waals surface area contributed by atoms with Gasteiger partial charge >= 0.3 is 6.03 Å². The van der Waals surface area contributed by atoms with Crippen LogP contribution in [0.5, 0.6) is 0 Å². The molecule has 5 heteroatoms. The second-order valence-corrected chi connectivity index (χ2v) is 4.64. The molecule has 1 heterocycles. The zero-order chi connectivity index (χ0) is 10.6. The van der Waals surface area contributed by atoms with Crippen LogP contribution in [0.25, 0.3) is 0 Å². The van der Waals surface area contributed by atoms with Crippen molar-refractivity contribution in [1.29, 1.82) is 0 Å². The van der Waals surface area contributed by atoms with Crippen LogP contribution < -0.4 is 11.1 Å². The average molecular weight is 197 g/mol. The third-order valence-electron chi connectivity index (χ3n) is 3.27. The van der Waals surface area contributed by atoms with E-state index in [2.05, 4.69) is 5.32 Å². The van der Waals surface area contributed by atoms with Crippen molar-refractivity contribution >= 4 is 11.9 Å². The summed E-state index contributed by atoms with van der Waals surface area (Å²) in [5, 5.41) is 2.76. The molecule has 1 saturated heterocycles. The summed E-state index contributed by atoms with van der Waals surface area (Å²) in [5.41, 5.74) is 4.60. The van der Waals surface area contributed by atoms with Gasteiger partial charge in [0, 0.05) is 13.1 Å². The summed E-state index contributed by atoms with van der Waals surface area (Å²) in [7, 11) is 0. The quantitative estimate of drug-likeness (QED) is 0.595. The van der Waals surface area contributed by atoms with Crippen molar-refractivity contribution in [3.63, 3.8) is 0 Å². The highest BCUT2D eigenvalue weighted by Gasteiger charge is 2.72. The van der Waals surface area contributed by atoms with E-state index in [0.717, 1.165) is 6.42 Å². The van der Waals surface area contributed by atoms with Crippen molar-refractivity contribution in [3.8, 4) is 0 Å². The standard InChI is InChI=1S/C9H15N3O2/c1-8(2)5-9(8)6(13)12(4-3-10)7(14)11-9/h3-5,10H2,1-2H3,(H,11,14). The molecule has 3 amide bonds. The predicted octanol–water partition coefficient (Wildman–Crippen LogP) is -0.334. The van der Waals surface area contributed by atoms with Gasteiger partial charge in [-0.25, -0.2) is 4.79 Å². The molecule has 0 aromatic heterocycles. The fourth-order valence-corrected chi connectivity index (χ4v) is 2.16. The molecule has 2 fully saturated rings. The number of hydrogen-bond acceptors (Lipinski definition) is 3. The monoisotopic (exact) mass is 197 g/mol. The van der Waals surface area contributed by atoms with Crippen LogP contribution in [0, 0.1) is 5.41 Å². The highest BCUT2D eigenvalue weighted by atomic mass is 16.2. The first-order valence-corrected chi connectivity index (χ1v) is 4.79. The molecule has 1 spiro atoms. The Balaban J connectivity index is 2.21. The Labute approximate surface area is 82.6 Å². The molecule has 0 bridgehead atoms. The molecular weight excluding hydrogens is 182 g/mol. The molecule has 1 saturated carbocycles. The summed E-state index contributed by atoms with van der Waals surface area (Å²) in [5.74, 6) is -0.113. The van der Waals surface area contributed by atoms with Gasteiger partial charge in [-0.05, 0) is 11.8 Å². The highest BCUT2D eigenvalue weighted by molar-refractivity contribution is 6.09. The number of urea groups is 1. The lowest BCUT2D eigenvalue weighted by Gasteiger charge is -2.12. The van der Waals surface area contributed by atoms with E-state index in [4.69, 9.17) is 5.73 Å². The number of imide groups is 1.